The second-order valence-electron chi connectivity index (χ2n) is 2.81. The zero-order chi connectivity index (χ0) is 9.84. The smallest absolute Gasteiger partial charge is 0.309 e. The highest BCUT2D eigenvalue weighted by Gasteiger charge is 2.34. The van der Waals surface area contributed by atoms with Crippen molar-refractivity contribution in [3.05, 3.63) is 0 Å². The molecule has 1 N–H and O–H groups in total. The van der Waals surface area contributed by atoms with E-state index in [2.05, 4.69) is 4.74 Å². The molecule has 0 aliphatic carbocycles. The summed E-state index contributed by atoms with van der Waals surface area (Å²) in [6.07, 6.45) is -1.71. The summed E-state index contributed by atoms with van der Waals surface area (Å²) in [5.74, 6) is -0.928. The topological polar surface area (TPSA) is 72.8 Å². The Morgan fingerprint density at radius 2 is 2.46 bits per heavy atom. The molecule has 1 heterocycles. The van der Waals surface area contributed by atoms with E-state index >= 15 is 0 Å². The fraction of sp³-hybridized carbons (Fsp3) is 0.750. The molecule has 13 heavy (non-hydrogen) atoms. The highest BCUT2D eigenvalue weighted by Crippen LogP contribution is 2.18. The molecule has 1 fully saturated rings. The van der Waals surface area contributed by atoms with Crippen LogP contribution < -0.4 is 0 Å². The summed E-state index contributed by atoms with van der Waals surface area (Å²) >= 11 is 0. The average molecular weight is 188 g/mol. The van der Waals surface area contributed by atoms with E-state index in [0.29, 0.717) is 0 Å². The minimum Gasteiger partial charge on any atom is -0.466 e. The van der Waals surface area contributed by atoms with Crippen molar-refractivity contribution in [2.45, 2.75) is 32.0 Å². The van der Waals surface area contributed by atoms with E-state index in [1.54, 1.807) is 6.92 Å². The van der Waals surface area contributed by atoms with E-state index < -0.39 is 24.1 Å². The number of aliphatic hydroxyl groups excluding tert-OH is 1. The molecular weight excluding hydrogens is 176 g/mol. The third-order valence-corrected chi connectivity index (χ3v) is 1.76. The molecule has 0 spiro atoms. The lowest BCUT2D eigenvalue weighted by Gasteiger charge is -2.11. The van der Waals surface area contributed by atoms with Crippen molar-refractivity contribution in [3.8, 4) is 0 Å². The molecule has 0 unspecified atom stereocenters. The van der Waals surface area contributed by atoms with Gasteiger partial charge in [-0.25, -0.2) is 0 Å². The fourth-order valence-corrected chi connectivity index (χ4v) is 1.16. The minimum atomic E-state index is -0.878. The van der Waals surface area contributed by atoms with Crippen LogP contribution in [0.1, 0.15) is 19.8 Å². The molecule has 0 bridgehead atoms. The number of hydrogen-bond acceptors (Lipinski definition) is 5. The zero-order valence-corrected chi connectivity index (χ0v) is 7.36. The van der Waals surface area contributed by atoms with Gasteiger partial charge in [-0.15, -0.1) is 0 Å². The van der Waals surface area contributed by atoms with E-state index in [-0.39, 0.29) is 19.4 Å². The van der Waals surface area contributed by atoms with Gasteiger partial charge in [0.2, 0.25) is 0 Å². The van der Waals surface area contributed by atoms with Crippen LogP contribution in [0.3, 0.4) is 0 Å². The summed E-state index contributed by atoms with van der Waals surface area (Å²) < 4.78 is 9.35. The lowest BCUT2D eigenvalue weighted by Crippen LogP contribution is -2.25. The Morgan fingerprint density at radius 3 is 2.92 bits per heavy atom. The number of esters is 2. The van der Waals surface area contributed by atoms with Crippen LogP contribution in [0.4, 0.5) is 0 Å². The number of aliphatic hydroxyl groups is 1. The number of cyclic esters (lactones) is 1. The summed E-state index contributed by atoms with van der Waals surface area (Å²) in [4.78, 5) is 21.6. The van der Waals surface area contributed by atoms with Gasteiger partial charge in [-0.05, 0) is 6.92 Å². The molecule has 5 heteroatoms. The number of hydrogen-bond donors (Lipinski definition) is 1. The van der Waals surface area contributed by atoms with Gasteiger partial charge >= 0.3 is 11.9 Å². The molecule has 0 aromatic heterocycles. The summed E-state index contributed by atoms with van der Waals surface area (Å²) in [5.41, 5.74) is 0. The predicted molar refractivity (Wildman–Crippen MR) is 41.8 cm³/mol. The van der Waals surface area contributed by atoms with Crippen molar-refractivity contribution in [3.63, 3.8) is 0 Å². The quantitative estimate of drug-likeness (QED) is 0.611. The van der Waals surface area contributed by atoms with Crippen molar-refractivity contribution in [2.75, 3.05) is 6.61 Å². The summed E-state index contributed by atoms with van der Waals surface area (Å²) in [6.45, 7) is 1.98. The van der Waals surface area contributed by atoms with Gasteiger partial charge in [0.05, 0.1) is 19.4 Å². The largest absolute Gasteiger partial charge is 0.466 e. The average Bonchev–Trinajstić information content (AvgIpc) is 2.30. The van der Waals surface area contributed by atoms with Crippen LogP contribution in [0, 0.1) is 0 Å². The Morgan fingerprint density at radius 1 is 1.77 bits per heavy atom. The van der Waals surface area contributed by atoms with E-state index in [4.69, 9.17) is 4.74 Å². The molecule has 5 nitrogen and oxygen atoms in total. The van der Waals surface area contributed by atoms with Crippen LogP contribution in [0.2, 0.25) is 0 Å². The Bertz CT molecular complexity index is 213. The number of ether oxygens (including phenoxy) is 2. The standard InChI is InChI=1S/C8H12O5/c1-2-12-7(10)4-6-5(9)3-8(11)13-6/h5-6,9H,2-4H2,1H3/t5-,6+/m0/s1. The molecule has 1 saturated heterocycles. The first-order chi connectivity index (χ1) is 6.13. The number of carbonyl (C=O) groups is 2. The Kier molecular flexibility index (Phi) is 3.25. The highest BCUT2D eigenvalue weighted by molar-refractivity contribution is 5.75. The van der Waals surface area contributed by atoms with Gasteiger partial charge in [0, 0.05) is 0 Å². The summed E-state index contributed by atoms with van der Waals surface area (Å²) in [5, 5.41) is 9.22. The van der Waals surface area contributed by atoms with E-state index in [0.717, 1.165) is 0 Å². The predicted octanol–water partition coefficient (Wildman–Crippen LogP) is -0.384. The van der Waals surface area contributed by atoms with E-state index in [9.17, 15) is 14.7 Å². The fourth-order valence-electron chi connectivity index (χ4n) is 1.16. The minimum absolute atomic E-state index is 0.0376. The van der Waals surface area contributed by atoms with Gasteiger partial charge in [0.25, 0.3) is 0 Å². The van der Waals surface area contributed by atoms with Crippen molar-refractivity contribution in [1.82, 2.24) is 0 Å². The molecule has 0 aromatic carbocycles. The first-order valence-electron chi connectivity index (χ1n) is 4.16. The molecule has 1 aliphatic heterocycles. The third kappa shape index (κ3) is 2.69. The Hall–Kier alpha value is -1.10. The molecule has 1 aliphatic rings. The van der Waals surface area contributed by atoms with Crippen LogP contribution >= 0.6 is 0 Å². The molecule has 74 valence electrons. The molecular formula is C8H12O5. The molecule has 2 atom stereocenters. The SMILES string of the molecule is CCOC(=O)C[C@H]1OC(=O)C[C@@H]1O. The summed E-state index contributed by atoms with van der Waals surface area (Å²) in [7, 11) is 0. The van der Waals surface area contributed by atoms with Gasteiger partial charge in [-0.2, -0.15) is 0 Å². The third-order valence-electron chi connectivity index (χ3n) is 1.76. The van der Waals surface area contributed by atoms with Gasteiger partial charge in [0.1, 0.15) is 12.2 Å². The first kappa shape index (κ1) is 9.98. The molecule has 0 aromatic rings. The van der Waals surface area contributed by atoms with Crippen LogP contribution in [0.15, 0.2) is 0 Å². The Balaban J connectivity index is 2.36. The lowest BCUT2D eigenvalue weighted by molar-refractivity contribution is -0.150. The Labute approximate surface area is 75.6 Å². The summed E-state index contributed by atoms with van der Waals surface area (Å²) in [6, 6.07) is 0. The van der Waals surface area contributed by atoms with Gasteiger partial charge in [-0.1, -0.05) is 0 Å². The molecule has 0 amide bonds. The van der Waals surface area contributed by atoms with Gasteiger partial charge in [-0.3, -0.25) is 9.59 Å². The molecule has 0 saturated carbocycles. The maximum atomic E-state index is 10.9. The van der Waals surface area contributed by atoms with Crippen LogP contribution in [0.5, 0.6) is 0 Å². The molecule has 1 rings (SSSR count). The second-order valence-corrected chi connectivity index (χ2v) is 2.81. The number of carbonyl (C=O) groups excluding carboxylic acids is 2. The van der Waals surface area contributed by atoms with E-state index in [1.165, 1.54) is 0 Å². The normalized spacial score (nSPS) is 27.1. The van der Waals surface area contributed by atoms with Crippen molar-refractivity contribution in [1.29, 1.82) is 0 Å². The van der Waals surface area contributed by atoms with Crippen LogP contribution in [-0.2, 0) is 19.1 Å². The van der Waals surface area contributed by atoms with Crippen LogP contribution in [0.25, 0.3) is 0 Å². The van der Waals surface area contributed by atoms with Gasteiger partial charge < -0.3 is 14.6 Å². The maximum absolute atomic E-state index is 10.9. The van der Waals surface area contributed by atoms with Gasteiger partial charge in [0.15, 0.2) is 0 Å². The zero-order valence-electron chi connectivity index (χ0n) is 7.36. The second kappa shape index (κ2) is 4.23. The number of rotatable bonds is 3. The lowest BCUT2D eigenvalue weighted by atomic mass is 10.1. The highest BCUT2D eigenvalue weighted by atomic mass is 16.6. The van der Waals surface area contributed by atoms with Crippen LogP contribution in [-0.4, -0.2) is 35.9 Å². The van der Waals surface area contributed by atoms with Crippen molar-refractivity contribution >= 4 is 11.9 Å². The first-order valence-corrected chi connectivity index (χ1v) is 4.16. The molecule has 0 radical (unpaired) electrons. The monoisotopic (exact) mass is 188 g/mol. The maximum Gasteiger partial charge on any atom is 0.309 e. The van der Waals surface area contributed by atoms with E-state index in [1.807, 2.05) is 0 Å². The van der Waals surface area contributed by atoms with Crippen molar-refractivity contribution < 1.29 is 24.2 Å². The van der Waals surface area contributed by atoms with Crippen molar-refractivity contribution in [2.24, 2.45) is 0 Å².